The third-order valence-electron chi connectivity index (χ3n) is 4.07. The molecule has 0 aliphatic carbocycles. The van der Waals surface area contributed by atoms with Gasteiger partial charge in [-0.3, -0.25) is 0 Å². The molecule has 21 heavy (non-hydrogen) atoms. The third kappa shape index (κ3) is 2.80. The van der Waals surface area contributed by atoms with E-state index in [1.54, 1.807) is 6.92 Å². The summed E-state index contributed by atoms with van der Waals surface area (Å²) in [7, 11) is 0. The van der Waals surface area contributed by atoms with Gasteiger partial charge in [-0.05, 0) is 32.3 Å². The third-order valence-corrected chi connectivity index (χ3v) is 4.07. The van der Waals surface area contributed by atoms with Crippen molar-refractivity contribution in [3.05, 3.63) is 35.1 Å². The van der Waals surface area contributed by atoms with E-state index in [9.17, 15) is 13.2 Å². The van der Waals surface area contributed by atoms with Gasteiger partial charge in [-0.1, -0.05) is 0 Å². The van der Waals surface area contributed by atoms with Crippen molar-refractivity contribution >= 4 is 0 Å². The number of hydrogen-bond acceptors (Lipinski definition) is 3. The fourth-order valence-electron chi connectivity index (χ4n) is 2.69. The zero-order chi connectivity index (χ0) is 15.0. The molecule has 6 heteroatoms. The molecule has 0 radical (unpaired) electrons. The number of halogens is 3. The van der Waals surface area contributed by atoms with Gasteiger partial charge in [-0.25, -0.2) is 13.2 Å². The highest BCUT2D eigenvalue weighted by atomic mass is 19.2. The van der Waals surface area contributed by atoms with Gasteiger partial charge >= 0.3 is 0 Å². The first-order valence-corrected chi connectivity index (χ1v) is 7.09. The van der Waals surface area contributed by atoms with Crippen molar-refractivity contribution in [2.75, 3.05) is 13.2 Å². The Morgan fingerprint density at radius 2 is 1.90 bits per heavy atom. The number of ether oxygens (including phenoxy) is 3. The molecule has 116 valence electrons. The van der Waals surface area contributed by atoms with Crippen LogP contribution >= 0.6 is 0 Å². The van der Waals surface area contributed by atoms with E-state index in [1.165, 1.54) is 0 Å². The van der Waals surface area contributed by atoms with Crippen molar-refractivity contribution in [3.63, 3.8) is 0 Å². The minimum atomic E-state index is -1.21. The Bertz CT molecular complexity index is 525. The smallest absolute Gasteiger partial charge is 0.161 e. The van der Waals surface area contributed by atoms with E-state index in [4.69, 9.17) is 14.2 Å². The highest BCUT2D eigenvalue weighted by Crippen LogP contribution is 2.45. The lowest BCUT2D eigenvalue weighted by Gasteiger charge is -2.29. The molecule has 1 aromatic carbocycles. The van der Waals surface area contributed by atoms with Gasteiger partial charge in [0.05, 0.1) is 12.7 Å². The molecule has 0 saturated carbocycles. The molecule has 2 fully saturated rings. The predicted molar refractivity (Wildman–Crippen MR) is 68.1 cm³/mol. The first kappa shape index (κ1) is 14.8. The highest BCUT2D eigenvalue weighted by molar-refractivity contribution is 5.31. The minimum absolute atomic E-state index is 0.00953. The van der Waals surface area contributed by atoms with Gasteiger partial charge in [-0.15, -0.1) is 0 Å². The largest absolute Gasteiger partial charge is 0.362 e. The summed E-state index contributed by atoms with van der Waals surface area (Å²) in [4.78, 5) is 0. The van der Waals surface area contributed by atoms with Crippen LogP contribution in [0.1, 0.15) is 31.7 Å². The number of hydrogen-bond donors (Lipinski definition) is 0. The van der Waals surface area contributed by atoms with Crippen LogP contribution in [0.5, 0.6) is 0 Å². The topological polar surface area (TPSA) is 31.0 Å². The van der Waals surface area contributed by atoms with Crippen molar-refractivity contribution in [2.24, 2.45) is 0 Å². The molecule has 1 aromatic rings. The lowest BCUT2D eigenvalue weighted by Crippen LogP contribution is -2.35. The molecule has 2 unspecified atom stereocenters. The van der Waals surface area contributed by atoms with Crippen LogP contribution in [-0.2, 0) is 19.8 Å². The summed E-state index contributed by atoms with van der Waals surface area (Å²) in [5.41, 5.74) is -1.07. The second-order valence-electron chi connectivity index (χ2n) is 5.50. The molecule has 3 nitrogen and oxygen atoms in total. The molecular formula is C15H17F3O3. The molecule has 0 bridgehead atoms. The molecule has 3 atom stereocenters. The van der Waals surface area contributed by atoms with Crippen LogP contribution in [0.4, 0.5) is 13.2 Å². The molecule has 2 aliphatic heterocycles. The first-order valence-electron chi connectivity index (χ1n) is 7.09. The van der Waals surface area contributed by atoms with Crippen molar-refractivity contribution < 1.29 is 27.4 Å². The zero-order valence-electron chi connectivity index (χ0n) is 11.7. The molecule has 0 aromatic heterocycles. The van der Waals surface area contributed by atoms with Crippen molar-refractivity contribution in [1.29, 1.82) is 0 Å². The Balaban J connectivity index is 1.78. The van der Waals surface area contributed by atoms with Crippen LogP contribution in [0.2, 0.25) is 0 Å². The van der Waals surface area contributed by atoms with Crippen LogP contribution in [0, 0.1) is 17.5 Å². The predicted octanol–water partition coefficient (Wildman–Crippen LogP) is 3.26. The maximum absolute atomic E-state index is 13.9. The van der Waals surface area contributed by atoms with Crippen LogP contribution in [-0.4, -0.2) is 25.6 Å². The zero-order valence-corrected chi connectivity index (χ0v) is 11.7. The molecule has 0 N–H and O–H groups in total. The lowest BCUT2D eigenvalue weighted by molar-refractivity contribution is -0.197. The maximum Gasteiger partial charge on any atom is 0.161 e. The Morgan fingerprint density at radius 3 is 2.52 bits per heavy atom. The molecule has 2 aliphatic rings. The Morgan fingerprint density at radius 1 is 1.19 bits per heavy atom. The molecule has 3 rings (SSSR count). The van der Waals surface area contributed by atoms with E-state index in [-0.39, 0.29) is 18.5 Å². The molecule has 0 spiro atoms. The summed E-state index contributed by atoms with van der Waals surface area (Å²) in [6.45, 7) is 2.57. The van der Waals surface area contributed by atoms with Gasteiger partial charge in [0.25, 0.3) is 0 Å². The number of benzene rings is 1. The summed E-state index contributed by atoms with van der Waals surface area (Å²) in [5.74, 6) is -3.13. The Hall–Kier alpha value is -1.11. The van der Waals surface area contributed by atoms with E-state index in [2.05, 4.69) is 0 Å². The molecule has 0 amide bonds. The SMILES string of the molecule is C[C@@H](OC1CCCCO1)C1(c2cc(F)c(F)cc2F)CO1. The summed E-state index contributed by atoms with van der Waals surface area (Å²) >= 11 is 0. The fraction of sp³-hybridized carbons (Fsp3) is 0.600. The Labute approximate surface area is 121 Å². The number of rotatable bonds is 4. The quantitative estimate of drug-likeness (QED) is 0.632. The van der Waals surface area contributed by atoms with Crippen molar-refractivity contribution in [1.82, 2.24) is 0 Å². The maximum atomic E-state index is 13.9. The first-order chi connectivity index (χ1) is 10.0. The van der Waals surface area contributed by atoms with E-state index in [0.717, 1.165) is 25.3 Å². The van der Waals surface area contributed by atoms with Crippen molar-refractivity contribution in [2.45, 2.75) is 44.2 Å². The van der Waals surface area contributed by atoms with Gasteiger partial charge < -0.3 is 14.2 Å². The van der Waals surface area contributed by atoms with Crippen LogP contribution in [0.15, 0.2) is 12.1 Å². The van der Waals surface area contributed by atoms with E-state index >= 15 is 0 Å². The van der Waals surface area contributed by atoms with Gasteiger partial charge in [0.1, 0.15) is 11.4 Å². The molecule has 2 saturated heterocycles. The lowest BCUT2D eigenvalue weighted by atomic mass is 9.94. The normalized spacial score (nSPS) is 30.2. The highest BCUT2D eigenvalue weighted by Gasteiger charge is 2.54. The second-order valence-corrected chi connectivity index (χ2v) is 5.50. The minimum Gasteiger partial charge on any atom is -0.362 e. The van der Waals surface area contributed by atoms with Gasteiger partial charge in [-0.2, -0.15) is 0 Å². The Kier molecular flexibility index (Phi) is 3.94. The number of epoxide rings is 1. The fourth-order valence-corrected chi connectivity index (χ4v) is 2.69. The molecule has 2 heterocycles. The van der Waals surface area contributed by atoms with Gasteiger partial charge in [0, 0.05) is 18.2 Å². The van der Waals surface area contributed by atoms with Gasteiger partial charge in [0.2, 0.25) is 0 Å². The van der Waals surface area contributed by atoms with Crippen LogP contribution < -0.4 is 0 Å². The average Bonchev–Trinajstić information content (AvgIpc) is 3.25. The van der Waals surface area contributed by atoms with Gasteiger partial charge in [0.15, 0.2) is 17.9 Å². The second kappa shape index (κ2) is 5.59. The summed E-state index contributed by atoms with van der Waals surface area (Å²) < 4.78 is 56.9. The summed E-state index contributed by atoms with van der Waals surface area (Å²) in [6.07, 6.45) is 1.89. The molecular weight excluding hydrogens is 285 g/mol. The summed E-state index contributed by atoms with van der Waals surface area (Å²) in [5, 5.41) is 0. The van der Waals surface area contributed by atoms with Crippen LogP contribution in [0.3, 0.4) is 0 Å². The van der Waals surface area contributed by atoms with E-state index in [0.29, 0.717) is 12.7 Å². The van der Waals surface area contributed by atoms with E-state index in [1.807, 2.05) is 0 Å². The van der Waals surface area contributed by atoms with Crippen LogP contribution in [0.25, 0.3) is 0 Å². The monoisotopic (exact) mass is 302 g/mol. The van der Waals surface area contributed by atoms with Crippen molar-refractivity contribution in [3.8, 4) is 0 Å². The average molecular weight is 302 g/mol. The van der Waals surface area contributed by atoms with E-state index < -0.39 is 29.2 Å². The standard InChI is InChI=1S/C15H17F3O3/c1-9(21-14-4-2-3-5-19-14)15(8-20-15)10-6-12(17)13(18)7-11(10)16/h6-7,9,14H,2-5,8H2,1H3/t9-,14?,15?/m1/s1. The summed E-state index contributed by atoms with van der Waals surface area (Å²) in [6, 6.07) is 1.39.